The average molecular weight is 419 g/mol. The third-order valence-electron chi connectivity index (χ3n) is 4.88. The third kappa shape index (κ3) is 4.63. The Labute approximate surface area is 178 Å². The molecule has 2 aromatic carbocycles. The van der Waals surface area contributed by atoms with Crippen molar-refractivity contribution in [2.45, 2.75) is 19.8 Å². The number of rotatable bonds is 6. The molecule has 1 aromatic heterocycles. The van der Waals surface area contributed by atoms with Crippen LogP contribution in [0.15, 0.2) is 59.0 Å². The van der Waals surface area contributed by atoms with Gasteiger partial charge in [-0.05, 0) is 49.7 Å². The highest BCUT2D eigenvalue weighted by Gasteiger charge is 2.22. The maximum atomic E-state index is 12.3. The second kappa shape index (κ2) is 8.83. The van der Waals surface area contributed by atoms with E-state index in [1.807, 2.05) is 30.3 Å². The first-order valence-electron chi connectivity index (χ1n) is 9.91. The van der Waals surface area contributed by atoms with Crippen molar-refractivity contribution in [3.05, 3.63) is 66.1 Å². The second-order valence-corrected chi connectivity index (χ2v) is 7.11. The summed E-state index contributed by atoms with van der Waals surface area (Å²) in [5, 5.41) is 2.66. The molecule has 4 rings (SSSR count). The van der Waals surface area contributed by atoms with Crippen LogP contribution < -0.4 is 10.2 Å². The number of carbonyl (C=O) groups is 3. The summed E-state index contributed by atoms with van der Waals surface area (Å²) in [6.07, 6.45) is 1.40. The lowest BCUT2D eigenvalue weighted by atomic mass is 10.2. The van der Waals surface area contributed by atoms with Crippen LogP contribution in [0.25, 0.3) is 11.5 Å². The lowest BCUT2D eigenvalue weighted by molar-refractivity contribution is -0.119. The van der Waals surface area contributed by atoms with Crippen molar-refractivity contribution in [2.24, 2.45) is 0 Å². The summed E-state index contributed by atoms with van der Waals surface area (Å²) in [7, 11) is 0. The van der Waals surface area contributed by atoms with Gasteiger partial charge in [-0.2, -0.15) is 0 Å². The smallest absolute Gasteiger partial charge is 0.361 e. The predicted molar refractivity (Wildman–Crippen MR) is 114 cm³/mol. The minimum Gasteiger partial charge on any atom is -0.451 e. The first-order valence-corrected chi connectivity index (χ1v) is 9.91. The van der Waals surface area contributed by atoms with Crippen LogP contribution in [-0.4, -0.2) is 35.9 Å². The fraction of sp³-hybridized carbons (Fsp3) is 0.217. The van der Waals surface area contributed by atoms with Crippen molar-refractivity contribution in [3.63, 3.8) is 0 Å². The molecule has 8 heteroatoms. The first kappa shape index (κ1) is 20.3. The van der Waals surface area contributed by atoms with Crippen molar-refractivity contribution in [3.8, 4) is 11.5 Å². The zero-order valence-corrected chi connectivity index (χ0v) is 17.0. The molecule has 158 valence electrons. The number of hydrogen-bond donors (Lipinski definition) is 1. The van der Waals surface area contributed by atoms with Crippen LogP contribution in [0.2, 0.25) is 0 Å². The molecule has 2 amide bonds. The van der Waals surface area contributed by atoms with Crippen LogP contribution in [0.5, 0.6) is 0 Å². The summed E-state index contributed by atoms with van der Waals surface area (Å²) < 4.78 is 10.6. The van der Waals surface area contributed by atoms with Gasteiger partial charge in [0.2, 0.25) is 11.8 Å². The zero-order chi connectivity index (χ0) is 21.8. The number of esters is 1. The number of oxazole rings is 1. The van der Waals surface area contributed by atoms with E-state index in [4.69, 9.17) is 9.15 Å². The van der Waals surface area contributed by atoms with E-state index in [0.717, 1.165) is 17.7 Å². The molecule has 0 unspecified atom stereocenters. The highest BCUT2D eigenvalue weighted by atomic mass is 16.5. The molecular weight excluding hydrogens is 398 g/mol. The average Bonchev–Trinajstić information content (AvgIpc) is 3.39. The van der Waals surface area contributed by atoms with Gasteiger partial charge in [0, 0.05) is 29.9 Å². The zero-order valence-electron chi connectivity index (χ0n) is 17.0. The van der Waals surface area contributed by atoms with Crippen molar-refractivity contribution in [2.75, 3.05) is 23.4 Å². The largest absolute Gasteiger partial charge is 0.451 e. The predicted octanol–water partition coefficient (Wildman–Crippen LogP) is 3.57. The quantitative estimate of drug-likeness (QED) is 0.613. The standard InChI is InChI=1S/C23H21N3O5/c1-15-21(25-22(31-15)16-6-3-2-4-7-16)23(29)30-14-19(27)24-17-9-11-18(12-10-17)26-13-5-8-20(26)28/h2-4,6-7,9-12H,5,8,13-14H2,1H3,(H,24,27). The number of anilines is 2. The van der Waals surface area contributed by atoms with E-state index in [0.29, 0.717) is 30.3 Å². The highest BCUT2D eigenvalue weighted by Crippen LogP contribution is 2.23. The molecule has 1 N–H and O–H groups in total. The molecule has 3 aromatic rings. The summed E-state index contributed by atoms with van der Waals surface area (Å²) in [5.41, 5.74) is 2.11. The van der Waals surface area contributed by atoms with Gasteiger partial charge in [-0.25, -0.2) is 9.78 Å². The van der Waals surface area contributed by atoms with Gasteiger partial charge >= 0.3 is 5.97 Å². The molecule has 2 heterocycles. The van der Waals surface area contributed by atoms with Crippen LogP contribution in [0.1, 0.15) is 29.1 Å². The first-order chi connectivity index (χ1) is 15.0. The van der Waals surface area contributed by atoms with Gasteiger partial charge in [-0.3, -0.25) is 9.59 Å². The number of hydrogen-bond acceptors (Lipinski definition) is 6. The number of carbonyl (C=O) groups excluding carboxylic acids is 3. The van der Waals surface area contributed by atoms with Crippen LogP contribution in [0.4, 0.5) is 11.4 Å². The SMILES string of the molecule is Cc1oc(-c2ccccc2)nc1C(=O)OCC(=O)Nc1ccc(N2CCCC2=O)cc1. The van der Waals surface area contributed by atoms with Crippen molar-refractivity contribution in [1.29, 1.82) is 0 Å². The van der Waals surface area contributed by atoms with Crippen molar-refractivity contribution < 1.29 is 23.5 Å². The Morgan fingerprint density at radius 2 is 1.87 bits per heavy atom. The van der Waals surface area contributed by atoms with E-state index in [-0.39, 0.29) is 11.6 Å². The minimum absolute atomic E-state index is 0.0336. The summed E-state index contributed by atoms with van der Waals surface area (Å²) in [6.45, 7) is 1.86. The molecule has 1 aliphatic rings. The molecule has 0 atom stereocenters. The van der Waals surface area contributed by atoms with E-state index in [2.05, 4.69) is 10.3 Å². The fourth-order valence-electron chi connectivity index (χ4n) is 3.33. The summed E-state index contributed by atoms with van der Waals surface area (Å²) in [6, 6.07) is 16.1. The van der Waals surface area contributed by atoms with E-state index in [1.54, 1.807) is 36.1 Å². The highest BCUT2D eigenvalue weighted by molar-refractivity contribution is 5.97. The van der Waals surface area contributed by atoms with Crippen molar-refractivity contribution in [1.82, 2.24) is 4.98 Å². The van der Waals surface area contributed by atoms with Crippen LogP contribution >= 0.6 is 0 Å². The maximum absolute atomic E-state index is 12.3. The number of aryl methyl sites for hydroxylation is 1. The molecule has 0 bridgehead atoms. The third-order valence-corrected chi connectivity index (χ3v) is 4.88. The number of aromatic nitrogens is 1. The number of ether oxygens (including phenoxy) is 1. The van der Waals surface area contributed by atoms with E-state index in [9.17, 15) is 14.4 Å². The topological polar surface area (TPSA) is 102 Å². The van der Waals surface area contributed by atoms with Crippen LogP contribution in [0.3, 0.4) is 0 Å². The summed E-state index contributed by atoms with van der Waals surface area (Å²) >= 11 is 0. The molecule has 1 fully saturated rings. The Hall–Kier alpha value is -3.94. The maximum Gasteiger partial charge on any atom is 0.361 e. The summed E-state index contributed by atoms with van der Waals surface area (Å²) in [5.74, 6) is -0.492. The molecular formula is C23H21N3O5. The van der Waals surface area contributed by atoms with Gasteiger partial charge in [-0.1, -0.05) is 18.2 Å². The van der Waals surface area contributed by atoms with Crippen molar-refractivity contribution >= 4 is 29.2 Å². The number of nitrogens with one attached hydrogen (secondary N) is 1. The van der Waals surface area contributed by atoms with Gasteiger partial charge < -0.3 is 19.4 Å². The summed E-state index contributed by atoms with van der Waals surface area (Å²) in [4.78, 5) is 42.2. The minimum atomic E-state index is -0.735. The molecule has 0 saturated carbocycles. The molecule has 0 radical (unpaired) electrons. The molecule has 1 saturated heterocycles. The van der Waals surface area contributed by atoms with Gasteiger partial charge in [0.05, 0.1) is 0 Å². The molecule has 0 aliphatic carbocycles. The van der Waals surface area contributed by atoms with E-state index in [1.165, 1.54) is 0 Å². The molecule has 8 nitrogen and oxygen atoms in total. The van der Waals surface area contributed by atoms with Gasteiger partial charge in [-0.15, -0.1) is 0 Å². The number of nitrogens with zero attached hydrogens (tertiary/aromatic N) is 2. The lowest BCUT2D eigenvalue weighted by Gasteiger charge is -2.16. The lowest BCUT2D eigenvalue weighted by Crippen LogP contribution is -2.24. The number of amides is 2. The molecule has 0 spiro atoms. The Balaban J connectivity index is 1.32. The molecule has 1 aliphatic heterocycles. The molecule has 31 heavy (non-hydrogen) atoms. The Morgan fingerprint density at radius 1 is 1.13 bits per heavy atom. The fourth-order valence-corrected chi connectivity index (χ4v) is 3.33. The second-order valence-electron chi connectivity index (χ2n) is 7.11. The Bertz CT molecular complexity index is 1110. The van der Waals surface area contributed by atoms with E-state index >= 15 is 0 Å². The van der Waals surface area contributed by atoms with Crippen LogP contribution in [-0.2, 0) is 14.3 Å². The van der Waals surface area contributed by atoms with E-state index < -0.39 is 18.5 Å². The van der Waals surface area contributed by atoms with Gasteiger partial charge in [0.15, 0.2) is 12.3 Å². The van der Waals surface area contributed by atoms with Crippen LogP contribution in [0, 0.1) is 6.92 Å². The monoisotopic (exact) mass is 419 g/mol. The van der Waals surface area contributed by atoms with Gasteiger partial charge in [0.1, 0.15) is 5.76 Å². The normalized spacial score (nSPS) is 13.3. The van der Waals surface area contributed by atoms with Gasteiger partial charge in [0.25, 0.3) is 5.91 Å². The Morgan fingerprint density at radius 3 is 2.55 bits per heavy atom. The number of benzene rings is 2. The Kier molecular flexibility index (Phi) is 5.79.